The van der Waals surface area contributed by atoms with Crippen LogP contribution in [0, 0.1) is 6.92 Å². The summed E-state index contributed by atoms with van der Waals surface area (Å²) in [5, 5.41) is 0. The molecule has 0 radical (unpaired) electrons. The Hall–Kier alpha value is -2.11. The number of aromatic nitrogens is 1. The number of likely N-dealkylation sites (N-methyl/N-ethyl adjacent to an activating group) is 1. The molecule has 0 aliphatic rings. The normalized spacial score (nSPS) is 12.5. The second-order valence-corrected chi connectivity index (χ2v) is 5.76. The monoisotopic (exact) mass is 294 g/mol. The highest BCUT2D eigenvalue weighted by Gasteiger charge is 2.26. The zero-order valence-corrected chi connectivity index (χ0v) is 13.3. The van der Waals surface area contributed by atoms with Gasteiger partial charge in [-0.3, -0.25) is 4.90 Å². The molecule has 1 amide bonds. The summed E-state index contributed by atoms with van der Waals surface area (Å²) in [7, 11) is 3.02. The zero-order chi connectivity index (χ0) is 16.2. The van der Waals surface area contributed by atoms with Gasteiger partial charge in [0.25, 0.3) is 0 Å². The van der Waals surface area contributed by atoms with Crippen molar-refractivity contribution in [1.82, 2.24) is 9.88 Å². The number of rotatable bonds is 4. The van der Waals surface area contributed by atoms with E-state index in [1.165, 1.54) is 19.1 Å². The fourth-order valence-electron chi connectivity index (χ4n) is 1.78. The molecular weight excluding hydrogens is 272 g/mol. The minimum atomic E-state index is -0.754. The first-order valence-electron chi connectivity index (χ1n) is 6.61. The van der Waals surface area contributed by atoms with E-state index in [-0.39, 0.29) is 0 Å². The van der Waals surface area contributed by atoms with Crippen LogP contribution in [-0.4, -0.2) is 42.0 Å². The Kier molecular flexibility index (Phi) is 5.29. The molecule has 0 saturated carbocycles. The smallest absolute Gasteiger partial charge is 0.410 e. The van der Waals surface area contributed by atoms with Crippen LogP contribution in [0.3, 0.4) is 0 Å². The number of hydrogen-bond donors (Lipinski definition) is 0. The van der Waals surface area contributed by atoms with Crippen LogP contribution in [-0.2, 0) is 9.53 Å². The van der Waals surface area contributed by atoms with Gasteiger partial charge in [0.1, 0.15) is 17.9 Å². The molecular formula is C15H22N2O4. The Bertz CT molecular complexity index is 523. The SMILES string of the molecule is COc1cc(C(C=O)N(C)C(=O)OC(C)(C)C)cc(C)n1. The molecule has 0 saturated heterocycles. The van der Waals surface area contributed by atoms with Crippen LogP contribution in [0.5, 0.6) is 5.88 Å². The average Bonchev–Trinajstić information content (AvgIpc) is 2.36. The van der Waals surface area contributed by atoms with E-state index in [1.54, 1.807) is 39.8 Å². The lowest BCUT2D eigenvalue weighted by Crippen LogP contribution is -2.37. The van der Waals surface area contributed by atoms with Gasteiger partial charge in [-0.05, 0) is 39.3 Å². The summed E-state index contributed by atoms with van der Waals surface area (Å²) < 4.78 is 10.4. The highest BCUT2D eigenvalue weighted by molar-refractivity contribution is 5.74. The predicted octanol–water partition coefficient (Wildman–Crippen LogP) is 2.51. The van der Waals surface area contributed by atoms with Crippen LogP contribution in [0.15, 0.2) is 12.1 Å². The molecule has 0 aliphatic heterocycles. The molecule has 0 N–H and O–H groups in total. The standard InChI is InChI=1S/C15H22N2O4/c1-10-7-11(8-13(16-10)20-6)12(9-18)17(5)14(19)21-15(2,3)4/h7-9,12H,1-6H3. The Labute approximate surface area is 125 Å². The molecule has 0 spiro atoms. The van der Waals surface area contributed by atoms with Crippen molar-refractivity contribution in [1.29, 1.82) is 0 Å². The van der Waals surface area contributed by atoms with Crippen molar-refractivity contribution in [2.75, 3.05) is 14.2 Å². The highest BCUT2D eigenvalue weighted by Crippen LogP contribution is 2.23. The van der Waals surface area contributed by atoms with Crippen LogP contribution in [0.1, 0.15) is 38.1 Å². The Balaban J connectivity index is 3.04. The Morgan fingerprint density at radius 1 is 1.38 bits per heavy atom. The minimum absolute atomic E-state index is 0.398. The fraction of sp³-hybridized carbons (Fsp3) is 0.533. The largest absolute Gasteiger partial charge is 0.481 e. The number of carbonyl (C=O) groups excluding carboxylic acids is 2. The first-order valence-corrected chi connectivity index (χ1v) is 6.61. The van der Waals surface area contributed by atoms with Gasteiger partial charge in [-0.1, -0.05) is 0 Å². The molecule has 21 heavy (non-hydrogen) atoms. The first kappa shape index (κ1) is 16.9. The number of nitrogens with zero attached hydrogens (tertiary/aromatic N) is 2. The van der Waals surface area contributed by atoms with Crippen LogP contribution >= 0.6 is 0 Å². The number of aryl methyl sites for hydroxylation is 1. The fourth-order valence-corrected chi connectivity index (χ4v) is 1.78. The molecule has 0 fully saturated rings. The van der Waals surface area contributed by atoms with Crippen LogP contribution in [0.4, 0.5) is 4.79 Å². The first-order chi connectivity index (χ1) is 9.67. The number of carbonyl (C=O) groups is 2. The summed E-state index contributed by atoms with van der Waals surface area (Å²) in [5.74, 6) is 0.398. The van der Waals surface area contributed by atoms with E-state index in [0.717, 1.165) is 0 Å². The number of hydrogen-bond acceptors (Lipinski definition) is 5. The van der Waals surface area contributed by atoms with E-state index in [9.17, 15) is 9.59 Å². The minimum Gasteiger partial charge on any atom is -0.481 e. The summed E-state index contributed by atoms with van der Waals surface area (Å²) >= 11 is 0. The zero-order valence-electron chi connectivity index (χ0n) is 13.3. The summed E-state index contributed by atoms with van der Waals surface area (Å²) in [6.07, 6.45) is 0.131. The number of ether oxygens (including phenoxy) is 2. The van der Waals surface area contributed by atoms with Crippen LogP contribution in [0.25, 0.3) is 0 Å². The van der Waals surface area contributed by atoms with Gasteiger partial charge in [0.2, 0.25) is 5.88 Å². The molecule has 1 heterocycles. The van der Waals surface area contributed by atoms with Gasteiger partial charge in [-0.2, -0.15) is 0 Å². The average molecular weight is 294 g/mol. The van der Waals surface area contributed by atoms with E-state index in [2.05, 4.69) is 4.98 Å². The van der Waals surface area contributed by atoms with Gasteiger partial charge in [0.15, 0.2) is 0 Å². The molecule has 6 nitrogen and oxygen atoms in total. The van der Waals surface area contributed by atoms with Gasteiger partial charge in [-0.25, -0.2) is 9.78 Å². The topological polar surface area (TPSA) is 68.7 Å². The maximum absolute atomic E-state index is 12.1. The van der Waals surface area contributed by atoms with Gasteiger partial charge in [0, 0.05) is 18.8 Å². The van der Waals surface area contributed by atoms with Crippen LogP contribution < -0.4 is 4.74 Å². The second-order valence-electron chi connectivity index (χ2n) is 5.76. The van der Waals surface area contributed by atoms with Crippen molar-refractivity contribution in [3.05, 3.63) is 23.4 Å². The number of methoxy groups -OCH3 is 1. The molecule has 1 atom stereocenters. The van der Waals surface area contributed by atoms with Gasteiger partial charge in [-0.15, -0.1) is 0 Å². The molecule has 6 heteroatoms. The lowest BCUT2D eigenvalue weighted by molar-refractivity contribution is -0.112. The van der Waals surface area contributed by atoms with E-state index < -0.39 is 17.7 Å². The van der Waals surface area contributed by atoms with Gasteiger partial charge >= 0.3 is 6.09 Å². The molecule has 1 aromatic rings. The van der Waals surface area contributed by atoms with Gasteiger partial charge < -0.3 is 14.3 Å². The Morgan fingerprint density at radius 3 is 2.48 bits per heavy atom. The molecule has 1 unspecified atom stereocenters. The number of aldehydes is 1. The Morgan fingerprint density at radius 2 is 2.00 bits per heavy atom. The van der Waals surface area contributed by atoms with Crippen molar-refractivity contribution < 1.29 is 19.1 Å². The maximum atomic E-state index is 12.1. The second kappa shape index (κ2) is 6.56. The molecule has 0 aliphatic carbocycles. The molecule has 1 aromatic heterocycles. The van der Waals surface area contributed by atoms with Crippen molar-refractivity contribution in [3.8, 4) is 5.88 Å². The third-order valence-electron chi connectivity index (χ3n) is 2.73. The summed E-state index contributed by atoms with van der Waals surface area (Å²) in [6.45, 7) is 7.11. The molecule has 0 aromatic carbocycles. The summed E-state index contributed by atoms with van der Waals surface area (Å²) in [5.41, 5.74) is 0.710. The third kappa shape index (κ3) is 4.73. The highest BCUT2D eigenvalue weighted by atomic mass is 16.6. The van der Waals surface area contributed by atoms with E-state index in [4.69, 9.17) is 9.47 Å². The van der Waals surface area contributed by atoms with Crippen molar-refractivity contribution >= 4 is 12.4 Å². The lowest BCUT2D eigenvalue weighted by atomic mass is 10.1. The van der Waals surface area contributed by atoms with E-state index >= 15 is 0 Å². The number of amides is 1. The van der Waals surface area contributed by atoms with E-state index in [0.29, 0.717) is 23.4 Å². The summed E-state index contributed by atoms with van der Waals surface area (Å²) in [4.78, 5) is 28.9. The third-order valence-corrected chi connectivity index (χ3v) is 2.73. The van der Waals surface area contributed by atoms with Crippen molar-refractivity contribution in [2.24, 2.45) is 0 Å². The molecule has 1 rings (SSSR count). The number of pyridine rings is 1. The van der Waals surface area contributed by atoms with Crippen LogP contribution in [0.2, 0.25) is 0 Å². The lowest BCUT2D eigenvalue weighted by Gasteiger charge is -2.28. The summed E-state index contributed by atoms with van der Waals surface area (Å²) in [6, 6.07) is 2.62. The van der Waals surface area contributed by atoms with Gasteiger partial charge in [0.05, 0.1) is 7.11 Å². The van der Waals surface area contributed by atoms with Crippen molar-refractivity contribution in [2.45, 2.75) is 39.3 Å². The predicted molar refractivity (Wildman–Crippen MR) is 78.3 cm³/mol. The quantitative estimate of drug-likeness (QED) is 0.798. The van der Waals surface area contributed by atoms with Crippen molar-refractivity contribution in [3.63, 3.8) is 0 Å². The molecule has 0 bridgehead atoms. The van der Waals surface area contributed by atoms with E-state index in [1.807, 2.05) is 0 Å². The maximum Gasteiger partial charge on any atom is 0.410 e. The molecule has 116 valence electrons.